The number of imidazole rings is 1. The maximum Gasteiger partial charge on any atom is 0.223 e. The van der Waals surface area contributed by atoms with Gasteiger partial charge in [-0.2, -0.15) is 0 Å². The number of amides is 1. The van der Waals surface area contributed by atoms with Crippen LogP contribution in [0.1, 0.15) is 42.1 Å². The molecule has 1 aliphatic rings. The van der Waals surface area contributed by atoms with Crippen molar-refractivity contribution in [2.75, 3.05) is 19.7 Å². The van der Waals surface area contributed by atoms with Gasteiger partial charge in [0.05, 0.1) is 17.6 Å². The SMILES string of the molecule is C=CCN1CC(c2nc3ccccc3n2CCCCOc2cc(C)ccc2C)CC1=O. The third-order valence-corrected chi connectivity index (χ3v) is 5.99. The van der Waals surface area contributed by atoms with E-state index < -0.39 is 0 Å². The number of likely N-dealkylation sites (tertiary alicyclic amines) is 1. The van der Waals surface area contributed by atoms with E-state index in [9.17, 15) is 4.79 Å². The van der Waals surface area contributed by atoms with Crippen molar-refractivity contribution >= 4 is 16.9 Å². The standard InChI is InChI=1S/C26H31N3O2/c1-4-13-28-18-21(17-25(28)30)26-27-22-9-5-6-10-23(22)29(26)14-7-8-15-31-24-16-19(2)11-12-20(24)3/h4-6,9-12,16,21H,1,7-8,13-15,17-18H2,2-3H3. The molecule has 2 heterocycles. The zero-order chi connectivity index (χ0) is 21.8. The van der Waals surface area contributed by atoms with Crippen LogP contribution in [0, 0.1) is 13.8 Å². The third kappa shape index (κ3) is 4.66. The average Bonchev–Trinajstić information content (AvgIpc) is 3.31. The number of aryl methyl sites for hydroxylation is 3. The van der Waals surface area contributed by atoms with Crippen molar-refractivity contribution in [3.63, 3.8) is 0 Å². The van der Waals surface area contributed by atoms with Gasteiger partial charge in [0.2, 0.25) is 5.91 Å². The van der Waals surface area contributed by atoms with E-state index in [4.69, 9.17) is 9.72 Å². The van der Waals surface area contributed by atoms with Crippen LogP contribution < -0.4 is 4.74 Å². The van der Waals surface area contributed by atoms with Crippen LogP contribution >= 0.6 is 0 Å². The molecule has 0 spiro atoms. The number of fused-ring (bicyclic) bond motifs is 1. The number of aromatic nitrogens is 2. The fourth-order valence-corrected chi connectivity index (χ4v) is 4.34. The van der Waals surface area contributed by atoms with Crippen LogP contribution in [0.15, 0.2) is 55.1 Å². The molecule has 0 N–H and O–H groups in total. The van der Waals surface area contributed by atoms with Crippen molar-refractivity contribution in [3.05, 3.63) is 72.1 Å². The molecule has 1 amide bonds. The van der Waals surface area contributed by atoms with Crippen LogP contribution in [0.5, 0.6) is 5.75 Å². The minimum atomic E-state index is 0.131. The fourth-order valence-electron chi connectivity index (χ4n) is 4.34. The Hall–Kier alpha value is -3.08. The zero-order valence-electron chi connectivity index (χ0n) is 18.5. The first-order valence-corrected chi connectivity index (χ1v) is 11.1. The van der Waals surface area contributed by atoms with E-state index in [-0.39, 0.29) is 11.8 Å². The lowest BCUT2D eigenvalue weighted by Crippen LogP contribution is -2.25. The van der Waals surface area contributed by atoms with Crippen LogP contribution in [0.3, 0.4) is 0 Å². The number of unbranched alkanes of at least 4 members (excludes halogenated alkanes) is 1. The lowest BCUT2D eigenvalue weighted by Gasteiger charge is -2.16. The Labute approximate surface area is 184 Å². The molecule has 1 aromatic heterocycles. The molecule has 1 unspecified atom stereocenters. The van der Waals surface area contributed by atoms with Gasteiger partial charge in [-0.25, -0.2) is 4.98 Å². The molecule has 1 fully saturated rings. The Kier molecular flexibility index (Phi) is 6.40. The molecule has 0 radical (unpaired) electrons. The van der Waals surface area contributed by atoms with Gasteiger partial charge in [0.15, 0.2) is 0 Å². The van der Waals surface area contributed by atoms with E-state index in [1.165, 1.54) is 11.1 Å². The second-order valence-electron chi connectivity index (χ2n) is 8.42. The molecule has 4 rings (SSSR count). The van der Waals surface area contributed by atoms with Gasteiger partial charge in [-0.05, 0) is 56.0 Å². The Morgan fingerprint density at radius 1 is 1.19 bits per heavy atom. The molecule has 2 aromatic carbocycles. The molecule has 3 aromatic rings. The number of nitrogens with zero attached hydrogens (tertiary/aromatic N) is 3. The van der Waals surface area contributed by atoms with Gasteiger partial charge in [-0.15, -0.1) is 6.58 Å². The first kappa shape index (κ1) is 21.2. The van der Waals surface area contributed by atoms with Gasteiger partial charge in [0.25, 0.3) is 0 Å². The summed E-state index contributed by atoms with van der Waals surface area (Å²) in [6, 6.07) is 14.6. The van der Waals surface area contributed by atoms with Gasteiger partial charge >= 0.3 is 0 Å². The van der Waals surface area contributed by atoms with E-state index >= 15 is 0 Å². The minimum Gasteiger partial charge on any atom is -0.493 e. The molecule has 0 saturated carbocycles. The zero-order valence-corrected chi connectivity index (χ0v) is 18.5. The summed E-state index contributed by atoms with van der Waals surface area (Å²) in [4.78, 5) is 19.2. The number of hydrogen-bond acceptors (Lipinski definition) is 3. The average molecular weight is 418 g/mol. The summed E-state index contributed by atoms with van der Waals surface area (Å²) >= 11 is 0. The van der Waals surface area contributed by atoms with Crippen molar-refractivity contribution in [3.8, 4) is 5.75 Å². The maximum atomic E-state index is 12.4. The van der Waals surface area contributed by atoms with E-state index in [0.29, 0.717) is 26.1 Å². The highest BCUT2D eigenvalue weighted by Crippen LogP contribution is 2.30. The Morgan fingerprint density at radius 2 is 2.03 bits per heavy atom. The highest BCUT2D eigenvalue weighted by Gasteiger charge is 2.33. The van der Waals surface area contributed by atoms with Crippen molar-refractivity contribution in [1.29, 1.82) is 0 Å². The van der Waals surface area contributed by atoms with E-state index in [1.807, 2.05) is 11.0 Å². The molecule has 5 heteroatoms. The van der Waals surface area contributed by atoms with Crippen molar-refractivity contribution < 1.29 is 9.53 Å². The Morgan fingerprint density at radius 3 is 2.87 bits per heavy atom. The van der Waals surface area contributed by atoms with Crippen LogP contribution in [-0.4, -0.2) is 40.1 Å². The number of benzene rings is 2. The summed E-state index contributed by atoms with van der Waals surface area (Å²) in [5.74, 6) is 2.31. The summed E-state index contributed by atoms with van der Waals surface area (Å²) in [6.45, 7) is 10.8. The van der Waals surface area contributed by atoms with Gasteiger partial charge in [0, 0.05) is 32.0 Å². The topological polar surface area (TPSA) is 47.4 Å². The van der Waals surface area contributed by atoms with Crippen LogP contribution in [0.25, 0.3) is 11.0 Å². The normalized spacial score (nSPS) is 16.3. The Balaban J connectivity index is 1.43. The predicted molar refractivity (Wildman–Crippen MR) is 125 cm³/mol. The summed E-state index contributed by atoms with van der Waals surface area (Å²) < 4.78 is 8.33. The quantitative estimate of drug-likeness (QED) is 0.363. The van der Waals surface area contributed by atoms with E-state index in [2.05, 4.69) is 61.4 Å². The van der Waals surface area contributed by atoms with E-state index in [1.54, 1.807) is 6.08 Å². The molecular weight excluding hydrogens is 386 g/mol. The Bertz CT molecular complexity index is 1090. The molecule has 1 aliphatic heterocycles. The first-order valence-electron chi connectivity index (χ1n) is 11.1. The highest BCUT2D eigenvalue weighted by molar-refractivity contribution is 5.81. The number of para-hydroxylation sites is 2. The van der Waals surface area contributed by atoms with Gasteiger partial charge in [0.1, 0.15) is 11.6 Å². The van der Waals surface area contributed by atoms with Crippen molar-refractivity contribution in [2.24, 2.45) is 0 Å². The molecule has 1 saturated heterocycles. The third-order valence-electron chi connectivity index (χ3n) is 5.99. The highest BCUT2D eigenvalue weighted by atomic mass is 16.5. The number of rotatable bonds is 9. The number of carbonyl (C=O) groups excluding carboxylic acids is 1. The van der Waals surface area contributed by atoms with Gasteiger partial charge < -0.3 is 14.2 Å². The lowest BCUT2D eigenvalue weighted by atomic mass is 10.1. The maximum absolute atomic E-state index is 12.4. The van der Waals surface area contributed by atoms with Crippen molar-refractivity contribution in [1.82, 2.24) is 14.5 Å². The largest absolute Gasteiger partial charge is 0.493 e. The minimum absolute atomic E-state index is 0.131. The summed E-state index contributed by atoms with van der Waals surface area (Å²) in [7, 11) is 0. The first-order chi connectivity index (χ1) is 15.1. The monoisotopic (exact) mass is 417 g/mol. The second kappa shape index (κ2) is 9.38. The van der Waals surface area contributed by atoms with Crippen LogP contribution in [-0.2, 0) is 11.3 Å². The molecule has 1 atom stereocenters. The smallest absolute Gasteiger partial charge is 0.223 e. The van der Waals surface area contributed by atoms with Crippen LogP contribution in [0.2, 0.25) is 0 Å². The molecule has 162 valence electrons. The number of carbonyl (C=O) groups is 1. The molecule has 5 nitrogen and oxygen atoms in total. The number of ether oxygens (including phenoxy) is 1. The molecule has 31 heavy (non-hydrogen) atoms. The van der Waals surface area contributed by atoms with Gasteiger partial charge in [-0.1, -0.05) is 30.3 Å². The number of hydrogen-bond donors (Lipinski definition) is 0. The summed E-state index contributed by atoms with van der Waals surface area (Å²) in [5, 5.41) is 0. The van der Waals surface area contributed by atoms with Crippen molar-refractivity contribution in [2.45, 2.75) is 45.6 Å². The summed E-state index contributed by atoms with van der Waals surface area (Å²) in [6.07, 6.45) is 4.27. The summed E-state index contributed by atoms with van der Waals surface area (Å²) in [5.41, 5.74) is 4.52. The van der Waals surface area contributed by atoms with E-state index in [0.717, 1.165) is 42.0 Å². The fraction of sp³-hybridized carbons (Fsp3) is 0.385. The molecular formula is C26H31N3O2. The predicted octanol–water partition coefficient (Wildman–Crippen LogP) is 5.01. The van der Waals surface area contributed by atoms with Gasteiger partial charge in [-0.3, -0.25) is 4.79 Å². The lowest BCUT2D eigenvalue weighted by molar-refractivity contribution is -0.127. The molecule has 0 bridgehead atoms. The second-order valence-corrected chi connectivity index (χ2v) is 8.42. The van der Waals surface area contributed by atoms with Crippen LogP contribution in [0.4, 0.5) is 0 Å². The molecule has 0 aliphatic carbocycles.